The molecule has 0 amide bonds. The molecule has 0 aliphatic rings. The zero-order chi connectivity index (χ0) is 9.98. The number of benzene rings is 1. The smallest absolute Gasteiger partial charge is 0 e. The Balaban J connectivity index is -0.000000178. The molecule has 0 aliphatic carbocycles. The fraction of sp³-hybridized carbons (Fsp3) is 0.333. The summed E-state index contributed by atoms with van der Waals surface area (Å²) in [5, 5.41) is 0. The fourth-order valence-corrected chi connectivity index (χ4v) is 0.637. The van der Waals surface area contributed by atoms with Gasteiger partial charge in [-0.3, -0.25) is 0 Å². The number of hydrogen-bond acceptors (Lipinski definition) is 0. The van der Waals surface area contributed by atoms with Gasteiger partial charge in [-0.1, -0.05) is 49.2 Å². The van der Waals surface area contributed by atoms with E-state index < -0.39 is 0 Å². The Morgan fingerprint density at radius 1 is 0.769 bits per heavy atom. The minimum atomic E-state index is 0. The van der Waals surface area contributed by atoms with Gasteiger partial charge in [0.2, 0.25) is 0 Å². The van der Waals surface area contributed by atoms with Crippen LogP contribution in [0.4, 0.5) is 0 Å². The van der Waals surface area contributed by atoms with E-state index >= 15 is 0 Å². The molecular weight excluding hydrogens is 382 g/mol. The summed E-state index contributed by atoms with van der Waals surface area (Å²) in [6.07, 6.45) is 0. The van der Waals surface area contributed by atoms with Crippen molar-refractivity contribution in [2.45, 2.75) is 27.7 Å². The van der Waals surface area contributed by atoms with E-state index in [1.54, 1.807) is 0 Å². The molecule has 0 unspecified atom stereocenters. The average Bonchev–Trinajstić information content (AvgIpc) is 2.17. The summed E-state index contributed by atoms with van der Waals surface area (Å²) in [4.78, 5) is 0. The zero-order valence-electron chi connectivity index (χ0n) is 9.22. The SMILES string of the molecule is C=C.CC.Cc1ccc(C)cc1.[U]. The van der Waals surface area contributed by atoms with Gasteiger partial charge in [0.05, 0.1) is 0 Å². The van der Waals surface area contributed by atoms with Gasteiger partial charge >= 0.3 is 0 Å². The van der Waals surface area contributed by atoms with Gasteiger partial charge < -0.3 is 0 Å². The van der Waals surface area contributed by atoms with E-state index in [-0.39, 0.29) is 31.1 Å². The van der Waals surface area contributed by atoms with Crippen LogP contribution in [-0.4, -0.2) is 0 Å². The molecule has 72 valence electrons. The van der Waals surface area contributed by atoms with Crippen LogP contribution in [0.2, 0.25) is 0 Å². The van der Waals surface area contributed by atoms with Crippen molar-refractivity contribution in [3.05, 3.63) is 48.6 Å². The van der Waals surface area contributed by atoms with E-state index in [0.717, 1.165) is 0 Å². The standard InChI is InChI=1S/C8H10.C2H6.C2H4.U/c1-7-3-5-8(2)6-4-7;2*1-2;/h3-6H,1-2H3;1-2H3;1-2H2;. The van der Waals surface area contributed by atoms with Crippen LogP contribution in [0.25, 0.3) is 0 Å². The number of rotatable bonds is 0. The third-order valence-electron chi connectivity index (χ3n) is 1.22. The van der Waals surface area contributed by atoms with E-state index in [1.807, 2.05) is 13.8 Å². The summed E-state index contributed by atoms with van der Waals surface area (Å²) in [6.45, 7) is 14.2. The minimum Gasteiger partial charge on any atom is -0.106 e. The second kappa shape index (κ2) is 14.5. The second-order valence-electron chi connectivity index (χ2n) is 2.15. The van der Waals surface area contributed by atoms with Crippen LogP contribution in [0, 0.1) is 45.0 Å². The molecule has 1 aromatic rings. The van der Waals surface area contributed by atoms with Crippen molar-refractivity contribution in [1.82, 2.24) is 0 Å². The van der Waals surface area contributed by atoms with E-state index in [4.69, 9.17) is 0 Å². The monoisotopic (exact) mass is 402 g/mol. The molecule has 0 bridgehead atoms. The van der Waals surface area contributed by atoms with Crippen LogP contribution < -0.4 is 0 Å². The van der Waals surface area contributed by atoms with Crippen molar-refractivity contribution in [2.24, 2.45) is 0 Å². The van der Waals surface area contributed by atoms with Gasteiger partial charge in [-0.15, -0.1) is 13.2 Å². The summed E-state index contributed by atoms with van der Waals surface area (Å²) in [5.74, 6) is 0. The Labute approximate surface area is 107 Å². The summed E-state index contributed by atoms with van der Waals surface area (Å²) in [7, 11) is 0. The van der Waals surface area contributed by atoms with Crippen LogP contribution in [0.5, 0.6) is 0 Å². The molecule has 0 nitrogen and oxygen atoms in total. The average molecular weight is 402 g/mol. The first kappa shape index (κ1) is 18.7. The maximum atomic E-state index is 3.00. The largest absolute Gasteiger partial charge is 0.106 e. The van der Waals surface area contributed by atoms with Gasteiger partial charge in [-0.25, -0.2) is 0 Å². The molecule has 0 heterocycles. The molecule has 0 N–H and O–H groups in total. The van der Waals surface area contributed by atoms with Crippen molar-refractivity contribution < 1.29 is 31.1 Å². The first-order chi connectivity index (χ1) is 5.79. The van der Waals surface area contributed by atoms with Crippen LogP contribution >= 0.6 is 0 Å². The van der Waals surface area contributed by atoms with E-state index in [2.05, 4.69) is 51.3 Å². The Kier molecular flexibility index (Phi) is 20.9. The maximum absolute atomic E-state index is 3.00. The van der Waals surface area contributed by atoms with Crippen LogP contribution in [0.1, 0.15) is 25.0 Å². The first-order valence-corrected chi connectivity index (χ1v) is 4.32. The third kappa shape index (κ3) is 12.0. The van der Waals surface area contributed by atoms with Gasteiger partial charge in [0.25, 0.3) is 0 Å². The minimum absolute atomic E-state index is 0. The van der Waals surface area contributed by atoms with Crippen molar-refractivity contribution in [1.29, 1.82) is 0 Å². The van der Waals surface area contributed by atoms with Crippen LogP contribution in [-0.2, 0) is 0 Å². The molecular formula is C12H20U. The first-order valence-electron chi connectivity index (χ1n) is 4.32. The normalized spacial score (nSPS) is 6.46. The Morgan fingerprint density at radius 3 is 1.08 bits per heavy atom. The number of aryl methyl sites for hydroxylation is 2. The maximum Gasteiger partial charge on any atom is 0 e. The van der Waals surface area contributed by atoms with Crippen molar-refractivity contribution in [3.8, 4) is 0 Å². The molecule has 0 saturated carbocycles. The van der Waals surface area contributed by atoms with Gasteiger partial charge in [-0.2, -0.15) is 0 Å². The summed E-state index contributed by atoms with van der Waals surface area (Å²) in [5.41, 5.74) is 2.66. The van der Waals surface area contributed by atoms with Gasteiger partial charge in [0.15, 0.2) is 0 Å². The predicted molar refractivity (Wildman–Crippen MR) is 58.5 cm³/mol. The molecule has 0 fully saturated rings. The molecule has 1 rings (SSSR count). The predicted octanol–water partition coefficient (Wildman–Crippen LogP) is 4.13. The fourth-order valence-electron chi connectivity index (χ4n) is 0.637. The Bertz CT molecular complexity index is 156. The summed E-state index contributed by atoms with van der Waals surface area (Å²) < 4.78 is 0. The molecule has 1 aromatic carbocycles. The molecule has 1 heteroatoms. The van der Waals surface area contributed by atoms with Crippen molar-refractivity contribution >= 4 is 0 Å². The topological polar surface area (TPSA) is 0 Å². The van der Waals surface area contributed by atoms with Gasteiger partial charge in [0.1, 0.15) is 0 Å². The Morgan fingerprint density at radius 2 is 0.923 bits per heavy atom. The third-order valence-corrected chi connectivity index (χ3v) is 1.22. The molecule has 0 spiro atoms. The van der Waals surface area contributed by atoms with Crippen LogP contribution in [0.3, 0.4) is 0 Å². The van der Waals surface area contributed by atoms with Gasteiger partial charge in [-0.05, 0) is 13.8 Å². The zero-order valence-corrected chi connectivity index (χ0v) is 13.4. The van der Waals surface area contributed by atoms with Crippen molar-refractivity contribution in [3.63, 3.8) is 0 Å². The van der Waals surface area contributed by atoms with Crippen LogP contribution in [0.15, 0.2) is 37.4 Å². The molecule has 0 saturated heterocycles. The molecule has 0 radical (unpaired) electrons. The molecule has 0 atom stereocenters. The summed E-state index contributed by atoms with van der Waals surface area (Å²) in [6, 6.07) is 8.48. The summed E-state index contributed by atoms with van der Waals surface area (Å²) >= 11 is 0. The van der Waals surface area contributed by atoms with Crippen molar-refractivity contribution in [2.75, 3.05) is 0 Å². The van der Waals surface area contributed by atoms with E-state index in [0.29, 0.717) is 0 Å². The Hall–Kier alpha value is 0.0119. The molecule has 13 heavy (non-hydrogen) atoms. The van der Waals surface area contributed by atoms with E-state index in [9.17, 15) is 0 Å². The quantitative estimate of drug-likeness (QED) is 0.573. The number of hydrogen-bond donors (Lipinski definition) is 0. The molecule has 0 aromatic heterocycles. The van der Waals surface area contributed by atoms with Gasteiger partial charge in [0, 0.05) is 31.1 Å². The molecule has 0 aliphatic heterocycles. The van der Waals surface area contributed by atoms with E-state index in [1.165, 1.54) is 11.1 Å². The second-order valence-corrected chi connectivity index (χ2v) is 2.15.